The predicted octanol–water partition coefficient (Wildman–Crippen LogP) is 4.15. The minimum atomic E-state index is -3.78. The number of benzene rings is 2. The van der Waals surface area contributed by atoms with Crippen LogP contribution in [0, 0.1) is 13.8 Å². The van der Waals surface area contributed by atoms with Crippen LogP contribution in [-0.2, 0) is 15.4 Å². The molecule has 0 spiro atoms. The lowest BCUT2D eigenvalue weighted by molar-refractivity contribution is 0.584. The molecule has 7 heteroatoms. The van der Waals surface area contributed by atoms with Crippen molar-refractivity contribution in [2.45, 2.75) is 44.9 Å². The highest BCUT2D eigenvalue weighted by Gasteiger charge is 2.21. The Hall–Kier alpha value is -2.93. The first-order valence-electron chi connectivity index (χ1n) is 9.28. The van der Waals surface area contributed by atoms with E-state index in [0.717, 1.165) is 5.56 Å². The maximum absolute atomic E-state index is 13.1. The second-order valence-electron chi connectivity index (χ2n) is 8.15. The number of aryl methyl sites for hydroxylation is 2. The zero-order valence-electron chi connectivity index (χ0n) is 17.2. The van der Waals surface area contributed by atoms with Crippen LogP contribution in [0.15, 0.2) is 58.2 Å². The van der Waals surface area contributed by atoms with E-state index in [1.165, 1.54) is 6.07 Å². The van der Waals surface area contributed by atoms with E-state index in [-0.39, 0.29) is 15.9 Å². The number of nitrogens with one attached hydrogen (secondary N) is 2. The number of sulfonamides is 1. The van der Waals surface area contributed by atoms with Gasteiger partial charge in [-0.2, -0.15) is 0 Å². The Morgan fingerprint density at radius 3 is 2.38 bits per heavy atom. The first kappa shape index (κ1) is 20.8. The van der Waals surface area contributed by atoms with E-state index in [9.17, 15) is 13.2 Å². The first-order valence-corrected chi connectivity index (χ1v) is 10.8. The monoisotopic (exact) mass is 411 g/mol. The van der Waals surface area contributed by atoms with Crippen LogP contribution in [0.5, 0.6) is 0 Å². The van der Waals surface area contributed by atoms with Gasteiger partial charge in [-0.05, 0) is 48.6 Å². The average molecular weight is 412 g/mol. The van der Waals surface area contributed by atoms with Gasteiger partial charge in [0.1, 0.15) is 5.82 Å². The Balaban J connectivity index is 1.99. The summed E-state index contributed by atoms with van der Waals surface area (Å²) in [5.41, 5.74) is 2.79. The zero-order valence-corrected chi connectivity index (χ0v) is 18.0. The van der Waals surface area contributed by atoms with E-state index in [4.69, 9.17) is 0 Å². The van der Waals surface area contributed by atoms with Gasteiger partial charge in [0.05, 0.1) is 4.90 Å². The Labute approximate surface area is 171 Å². The van der Waals surface area contributed by atoms with Crippen LogP contribution in [0.3, 0.4) is 0 Å². The second-order valence-corrected chi connectivity index (χ2v) is 9.80. The maximum atomic E-state index is 13.1. The maximum Gasteiger partial charge on any atom is 0.262 e. The third-order valence-corrected chi connectivity index (χ3v) is 6.12. The SMILES string of the molecule is Cc1cc(=O)[nH]c(-c2cccc(NS(=O)(=O)c3cc(C(C)(C)C)ccc3C)c2)n1. The molecule has 0 unspecified atom stereocenters. The van der Waals surface area contributed by atoms with Crippen LogP contribution >= 0.6 is 0 Å². The molecule has 152 valence electrons. The van der Waals surface area contributed by atoms with Gasteiger partial charge in [0, 0.05) is 23.0 Å². The molecule has 0 aliphatic rings. The molecule has 0 aliphatic heterocycles. The molecule has 0 saturated heterocycles. The van der Waals surface area contributed by atoms with Crippen LogP contribution in [0.25, 0.3) is 11.4 Å². The van der Waals surface area contributed by atoms with Crippen LogP contribution in [0.4, 0.5) is 5.69 Å². The molecule has 0 atom stereocenters. The van der Waals surface area contributed by atoms with Crippen molar-refractivity contribution in [3.8, 4) is 11.4 Å². The van der Waals surface area contributed by atoms with Gasteiger partial charge in [0.15, 0.2) is 0 Å². The molecular formula is C22H25N3O3S. The van der Waals surface area contributed by atoms with Gasteiger partial charge in [-0.25, -0.2) is 13.4 Å². The highest BCUT2D eigenvalue weighted by atomic mass is 32.2. The van der Waals surface area contributed by atoms with E-state index in [1.54, 1.807) is 44.2 Å². The van der Waals surface area contributed by atoms with Gasteiger partial charge in [-0.3, -0.25) is 9.52 Å². The lowest BCUT2D eigenvalue weighted by Crippen LogP contribution is -2.17. The highest BCUT2D eigenvalue weighted by molar-refractivity contribution is 7.92. The summed E-state index contributed by atoms with van der Waals surface area (Å²) in [5.74, 6) is 0.391. The number of nitrogens with zero attached hydrogens (tertiary/aromatic N) is 1. The van der Waals surface area contributed by atoms with Crippen LogP contribution < -0.4 is 10.3 Å². The summed E-state index contributed by atoms with van der Waals surface area (Å²) in [5, 5.41) is 0. The van der Waals surface area contributed by atoms with Crippen molar-refractivity contribution in [2.75, 3.05) is 4.72 Å². The first-order chi connectivity index (χ1) is 13.5. The van der Waals surface area contributed by atoms with E-state index >= 15 is 0 Å². The van der Waals surface area contributed by atoms with Crippen molar-refractivity contribution in [1.29, 1.82) is 0 Å². The molecule has 3 aromatic rings. The summed E-state index contributed by atoms with van der Waals surface area (Å²) in [6.07, 6.45) is 0. The highest BCUT2D eigenvalue weighted by Crippen LogP contribution is 2.28. The van der Waals surface area contributed by atoms with Crippen molar-refractivity contribution in [1.82, 2.24) is 9.97 Å². The minimum Gasteiger partial charge on any atom is -0.307 e. The van der Waals surface area contributed by atoms with Gasteiger partial charge in [0.2, 0.25) is 0 Å². The largest absolute Gasteiger partial charge is 0.307 e. The fourth-order valence-electron chi connectivity index (χ4n) is 3.01. The predicted molar refractivity (Wildman–Crippen MR) is 116 cm³/mol. The number of anilines is 1. The van der Waals surface area contributed by atoms with Crippen molar-refractivity contribution >= 4 is 15.7 Å². The number of hydrogen-bond donors (Lipinski definition) is 2. The standard InChI is InChI=1S/C22H25N3O3S/c1-14-9-10-17(22(3,4)5)13-19(14)29(27,28)25-18-8-6-7-16(12-18)21-23-15(2)11-20(26)24-21/h6-13,25H,1-5H3,(H,23,24,26). The molecule has 0 amide bonds. The summed E-state index contributed by atoms with van der Waals surface area (Å²) in [6, 6.07) is 13.7. The third-order valence-electron chi connectivity index (χ3n) is 4.60. The number of aromatic amines is 1. The number of rotatable bonds is 4. The van der Waals surface area contributed by atoms with Gasteiger partial charge in [-0.15, -0.1) is 0 Å². The smallest absolute Gasteiger partial charge is 0.262 e. The summed E-state index contributed by atoms with van der Waals surface area (Å²) >= 11 is 0. The number of H-pyrrole nitrogens is 1. The number of aromatic nitrogens is 2. The molecular weight excluding hydrogens is 386 g/mol. The lowest BCUT2D eigenvalue weighted by Gasteiger charge is -2.21. The molecule has 2 aromatic carbocycles. The van der Waals surface area contributed by atoms with Gasteiger partial charge in [0.25, 0.3) is 15.6 Å². The molecule has 1 aromatic heterocycles. The zero-order chi connectivity index (χ0) is 21.4. The van der Waals surface area contributed by atoms with E-state index in [0.29, 0.717) is 28.3 Å². The molecule has 1 heterocycles. The molecule has 6 nitrogen and oxygen atoms in total. The molecule has 29 heavy (non-hydrogen) atoms. The second kappa shape index (κ2) is 7.48. The summed E-state index contributed by atoms with van der Waals surface area (Å²) in [4.78, 5) is 19.0. The van der Waals surface area contributed by atoms with Crippen LogP contribution in [0.1, 0.15) is 37.6 Å². The molecule has 0 fully saturated rings. The van der Waals surface area contributed by atoms with Crippen molar-refractivity contribution in [3.05, 3.63) is 75.7 Å². The summed E-state index contributed by atoms with van der Waals surface area (Å²) in [7, 11) is -3.78. The van der Waals surface area contributed by atoms with E-state index < -0.39 is 10.0 Å². The van der Waals surface area contributed by atoms with Crippen molar-refractivity contribution in [3.63, 3.8) is 0 Å². The van der Waals surface area contributed by atoms with Crippen LogP contribution in [0.2, 0.25) is 0 Å². The molecule has 2 N–H and O–H groups in total. The molecule has 0 aliphatic carbocycles. The Bertz CT molecular complexity index is 1220. The topological polar surface area (TPSA) is 91.9 Å². The van der Waals surface area contributed by atoms with Gasteiger partial charge in [-0.1, -0.05) is 45.0 Å². The summed E-state index contributed by atoms with van der Waals surface area (Å²) in [6.45, 7) is 9.64. The Morgan fingerprint density at radius 2 is 1.72 bits per heavy atom. The molecule has 0 bridgehead atoms. The summed E-state index contributed by atoms with van der Waals surface area (Å²) < 4.78 is 28.8. The molecule has 3 rings (SSSR count). The van der Waals surface area contributed by atoms with E-state index in [1.807, 2.05) is 32.9 Å². The van der Waals surface area contributed by atoms with Crippen molar-refractivity contribution in [2.24, 2.45) is 0 Å². The van der Waals surface area contributed by atoms with E-state index in [2.05, 4.69) is 14.7 Å². The lowest BCUT2D eigenvalue weighted by atomic mass is 9.87. The van der Waals surface area contributed by atoms with Gasteiger partial charge < -0.3 is 4.98 Å². The molecule has 0 radical (unpaired) electrons. The normalized spacial score (nSPS) is 12.0. The van der Waals surface area contributed by atoms with Crippen LogP contribution in [-0.4, -0.2) is 18.4 Å². The third kappa shape index (κ3) is 4.74. The van der Waals surface area contributed by atoms with Crippen molar-refractivity contribution < 1.29 is 8.42 Å². The van der Waals surface area contributed by atoms with Gasteiger partial charge >= 0.3 is 0 Å². The fraction of sp³-hybridized carbons (Fsp3) is 0.273. The average Bonchev–Trinajstić information content (AvgIpc) is 2.60. The Morgan fingerprint density at radius 1 is 1.00 bits per heavy atom. The molecule has 0 saturated carbocycles. The number of hydrogen-bond acceptors (Lipinski definition) is 4. The minimum absolute atomic E-state index is 0.166. The quantitative estimate of drug-likeness (QED) is 0.674. The fourth-order valence-corrected chi connectivity index (χ4v) is 4.33. The Kier molecular flexibility index (Phi) is 5.36.